The Morgan fingerprint density at radius 1 is 1.50 bits per heavy atom. The molecule has 0 aliphatic carbocycles. The topological polar surface area (TPSA) is 72.2 Å². The van der Waals surface area contributed by atoms with E-state index in [1.54, 1.807) is 0 Å². The van der Waals surface area contributed by atoms with E-state index in [2.05, 4.69) is 5.32 Å². The summed E-state index contributed by atoms with van der Waals surface area (Å²) in [5.41, 5.74) is -0.599. The third-order valence-corrected chi connectivity index (χ3v) is 2.41. The van der Waals surface area contributed by atoms with Gasteiger partial charge in [0.05, 0.1) is 10.5 Å². The maximum Gasteiger partial charge on any atom is 0.270 e. The van der Waals surface area contributed by atoms with Gasteiger partial charge in [0, 0.05) is 18.7 Å². The predicted molar refractivity (Wildman–Crippen MR) is 64.8 cm³/mol. The molecule has 0 aliphatic rings. The Labute approximate surface area is 104 Å². The Morgan fingerprint density at radius 3 is 2.72 bits per heavy atom. The normalized spacial score (nSPS) is 10.4. The lowest BCUT2D eigenvalue weighted by Crippen LogP contribution is -2.26. The first kappa shape index (κ1) is 14.1. The minimum absolute atomic E-state index is 0.298. The largest absolute Gasteiger partial charge is 0.352 e. The van der Waals surface area contributed by atoms with Crippen molar-refractivity contribution in [1.29, 1.82) is 0 Å². The Morgan fingerprint density at radius 2 is 2.17 bits per heavy atom. The number of non-ortho nitro benzene ring substituents is 1. The van der Waals surface area contributed by atoms with Crippen molar-refractivity contribution in [1.82, 2.24) is 5.32 Å². The number of carbonyl (C=O) groups is 1. The highest BCUT2D eigenvalue weighted by Crippen LogP contribution is 2.16. The van der Waals surface area contributed by atoms with Crippen molar-refractivity contribution in [3.63, 3.8) is 0 Å². The highest BCUT2D eigenvalue weighted by Gasteiger charge is 2.16. The molecule has 1 rings (SSSR count). The van der Waals surface area contributed by atoms with Crippen molar-refractivity contribution in [2.75, 3.05) is 6.54 Å². The molecule has 1 aromatic rings. The summed E-state index contributed by atoms with van der Waals surface area (Å²) in [5.74, 6) is -0.972. The Kier molecular flexibility index (Phi) is 4.76. The van der Waals surface area contributed by atoms with Gasteiger partial charge in [0.15, 0.2) is 0 Å². The van der Waals surface area contributed by atoms with E-state index in [9.17, 15) is 19.3 Å². The van der Waals surface area contributed by atoms with Gasteiger partial charge in [-0.1, -0.05) is 13.8 Å². The maximum atomic E-state index is 13.4. The summed E-state index contributed by atoms with van der Waals surface area (Å²) < 4.78 is 13.4. The highest BCUT2D eigenvalue weighted by atomic mass is 19.1. The molecule has 0 bridgehead atoms. The fraction of sp³-hybridized carbons (Fsp3) is 0.417. The molecular weight excluding hydrogens is 239 g/mol. The van der Waals surface area contributed by atoms with Gasteiger partial charge in [-0.3, -0.25) is 14.9 Å². The number of benzene rings is 1. The molecule has 5 nitrogen and oxygen atoms in total. The van der Waals surface area contributed by atoms with Gasteiger partial charge < -0.3 is 5.32 Å². The van der Waals surface area contributed by atoms with Crippen molar-refractivity contribution in [3.8, 4) is 0 Å². The molecule has 0 saturated carbocycles. The summed E-state index contributed by atoms with van der Waals surface area (Å²) in [6.07, 6.45) is 0.766. The summed E-state index contributed by atoms with van der Waals surface area (Å²) in [7, 11) is 0. The highest BCUT2D eigenvalue weighted by molar-refractivity contribution is 5.95. The van der Waals surface area contributed by atoms with Gasteiger partial charge in [-0.2, -0.15) is 0 Å². The molecule has 1 N–H and O–H groups in total. The molecule has 0 aliphatic heterocycles. The molecule has 0 heterocycles. The number of hydrogen-bond acceptors (Lipinski definition) is 3. The van der Waals surface area contributed by atoms with E-state index in [1.807, 2.05) is 13.8 Å². The molecule has 0 fully saturated rings. The Hall–Kier alpha value is -1.98. The number of amides is 1. The molecule has 6 heteroatoms. The maximum absolute atomic E-state index is 13.4. The van der Waals surface area contributed by atoms with Crippen molar-refractivity contribution < 1.29 is 14.1 Å². The zero-order valence-electron chi connectivity index (χ0n) is 10.3. The molecule has 0 unspecified atom stereocenters. The second-order valence-electron chi connectivity index (χ2n) is 4.36. The van der Waals surface area contributed by atoms with Crippen LogP contribution in [0.5, 0.6) is 0 Å². The van der Waals surface area contributed by atoms with Gasteiger partial charge in [0.2, 0.25) is 0 Å². The van der Waals surface area contributed by atoms with E-state index in [1.165, 1.54) is 0 Å². The lowest BCUT2D eigenvalue weighted by molar-refractivity contribution is -0.384. The van der Waals surface area contributed by atoms with Gasteiger partial charge in [0.1, 0.15) is 5.82 Å². The number of carbonyl (C=O) groups excluding carboxylic acids is 1. The quantitative estimate of drug-likeness (QED) is 0.648. The minimum Gasteiger partial charge on any atom is -0.352 e. The van der Waals surface area contributed by atoms with Crippen molar-refractivity contribution in [2.24, 2.45) is 5.92 Å². The lowest BCUT2D eigenvalue weighted by atomic mass is 10.1. The van der Waals surface area contributed by atoms with Gasteiger partial charge >= 0.3 is 0 Å². The number of nitro benzene ring substituents is 1. The van der Waals surface area contributed by atoms with Crippen LogP contribution in [0.1, 0.15) is 30.6 Å². The number of hydrogen-bond donors (Lipinski definition) is 1. The van der Waals surface area contributed by atoms with Crippen LogP contribution >= 0.6 is 0 Å². The first-order valence-electron chi connectivity index (χ1n) is 5.64. The molecule has 1 aromatic carbocycles. The molecular formula is C12H15FN2O3. The third-order valence-electron chi connectivity index (χ3n) is 2.41. The van der Waals surface area contributed by atoms with E-state index in [0.29, 0.717) is 12.5 Å². The monoisotopic (exact) mass is 254 g/mol. The van der Waals surface area contributed by atoms with Crippen LogP contribution in [0.4, 0.5) is 10.1 Å². The van der Waals surface area contributed by atoms with Crippen LogP contribution in [0.15, 0.2) is 18.2 Å². The summed E-state index contributed by atoms with van der Waals surface area (Å²) in [6.45, 7) is 4.42. The molecule has 0 spiro atoms. The van der Waals surface area contributed by atoms with Crippen molar-refractivity contribution in [3.05, 3.63) is 39.7 Å². The van der Waals surface area contributed by atoms with E-state index >= 15 is 0 Å². The van der Waals surface area contributed by atoms with Gasteiger partial charge in [0.25, 0.3) is 11.6 Å². The standard InChI is InChI=1S/C12H15FN2O3/c1-8(2)5-6-14-12(16)10-7-9(15(17)18)3-4-11(10)13/h3-4,7-8H,5-6H2,1-2H3,(H,14,16). The van der Waals surface area contributed by atoms with Crippen molar-refractivity contribution in [2.45, 2.75) is 20.3 Å². The summed E-state index contributed by atoms with van der Waals surface area (Å²) in [6, 6.07) is 2.90. The molecule has 0 aromatic heterocycles. The zero-order chi connectivity index (χ0) is 13.7. The van der Waals surface area contributed by atoms with Crippen LogP contribution in [0, 0.1) is 21.8 Å². The average Bonchev–Trinajstić information content (AvgIpc) is 2.28. The third kappa shape index (κ3) is 3.80. The van der Waals surface area contributed by atoms with E-state index < -0.39 is 16.6 Å². The second-order valence-corrected chi connectivity index (χ2v) is 4.36. The zero-order valence-corrected chi connectivity index (χ0v) is 10.3. The fourth-order valence-electron chi connectivity index (χ4n) is 1.37. The second kappa shape index (κ2) is 6.09. The van der Waals surface area contributed by atoms with Crippen LogP contribution < -0.4 is 5.32 Å². The smallest absolute Gasteiger partial charge is 0.270 e. The van der Waals surface area contributed by atoms with E-state index in [4.69, 9.17) is 0 Å². The number of rotatable bonds is 5. The summed E-state index contributed by atoms with van der Waals surface area (Å²) >= 11 is 0. The van der Waals surface area contributed by atoms with Gasteiger partial charge in [-0.15, -0.1) is 0 Å². The van der Waals surface area contributed by atoms with Crippen LogP contribution in [0.2, 0.25) is 0 Å². The Bertz CT molecular complexity index is 461. The van der Waals surface area contributed by atoms with E-state index in [-0.39, 0.29) is 11.3 Å². The number of halogens is 1. The van der Waals surface area contributed by atoms with Crippen LogP contribution in [-0.4, -0.2) is 17.4 Å². The molecule has 98 valence electrons. The fourth-order valence-corrected chi connectivity index (χ4v) is 1.37. The first-order valence-corrected chi connectivity index (χ1v) is 5.64. The van der Waals surface area contributed by atoms with Crippen molar-refractivity contribution >= 4 is 11.6 Å². The van der Waals surface area contributed by atoms with E-state index in [0.717, 1.165) is 24.6 Å². The SMILES string of the molecule is CC(C)CCNC(=O)c1cc([N+](=O)[O-])ccc1F. The number of nitrogens with one attached hydrogen (secondary N) is 1. The summed E-state index contributed by atoms with van der Waals surface area (Å²) in [4.78, 5) is 21.5. The first-order chi connectivity index (χ1) is 8.41. The lowest BCUT2D eigenvalue weighted by Gasteiger charge is -2.07. The van der Waals surface area contributed by atoms with Crippen LogP contribution in [0.3, 0.4) is 0 Å². The minimum atomic E-state index is -0.761. The molecule has 0 atom stereocenters. The number of nitrogens with zero attached hydrogens (tertiary/aromatic N) is 1. The van der Waals surface area contributed by atoms with Gasteiger partial charge in [-0.25, -0.2) is 4.39 Å². The van der Waals surface area contributed by atoms with Crippen LogP contribution in [0.25, 0.3) is 0 Å². The molecule has 1 amide bonds. The Balaban J connectivity index is 2.78. The molecule has 0 radical (unpaired) electrons. The summed E-state index contributed by atoms with van der Waals surface area (Å²) in [5, 5.41) is 13.1. The van der Waals surface area contributed by atoms with Crippen LogP contribution in [-0.2, 0) is 0 Å². The number of nitro groups is 1. The predicted octanol–water partition coefficient (Wildman–Crippen LogP) is 2.51. The molecule has 0 saturated heterocycles. The molecule has 18 heavy (non-hydrogen) atoms. The van der Waals surface area contributed by atoms with Gasteiger partial charge in [-0.05, 0) is 18.4 Å². The average molecular weight is 254 g/mol.